The summed E-state index contributed by atoms with van der Waals surface area (Å²) in [6, 6.07) is 1.31. The van der Waals surface area contributed by atoms with E-state index in [0.717, 1.165) is 0 Å². The summed E-state index contributed by atoms with van der Waals surface area (Å²) in [7, 11) is -9.47. The summed E-state index contributed by atoms with van der Waals surface area (Å²) >= 11 is 0. The topological polar surface area (TPSA) is 276 Å². The Balaban J connectivity index is 1.08. The van der Waals surface area contributed by atoms with Gasteiger partial charge in [0.05, 0.1) is 37.9 Å². The van der Waals surface area contributed by atoms with Gasteiger partial charge in [0.15, 0.2) is 16.8 Å². The van der Waals surface area contributed by atoms with Crippen LogP contribution in [-0.2, 0) is 27.4 Å². The molecular weight excluding hydrogens is 614 g/mol. The fourth-order valence-corrected chi connectivity index (χ4v) is 6.69. The Bertz CT molecular complexity index is 1770. The number of fused-ring (bicyclic) bond motifs is 2. The summed E-state index contributed by atoms with van der Waals surface area (Å²) in [5.74, 6) is -0.384. The van der Waals surface area contributed by atoms with Gasteiger partial charge in [0, 0.05) is 18.0 Å². The predicted octanol–water partition coefficient (Wildman–Crippen LogP) is 0.319. The van der Waals surface area contributed by atoms with Crippen LogP contribution in [0.5, 0.6) is 0 Å². The minimum Gasteiger partial charge on any atom is -0.369 e. The van der Waals surface area contributed by atoms with Crippen LogP contribution < -0.4 is 16.6 Å². The van der Waals surface area contributed by atoms with Gasteiger partial charge in [-0.25, -0.2) is 24.1 Å². The quantitative estimate of drug-likeness (QED) is 0.120. The molecule has 7 N–H and O–H groups in total. The van der Waals surface area contributed by atoms with Crippen LogP contribution in [0.25, 0.3) is 16.8 Å². The van der Waals surface area contributed by atoms with Crippen molar-refractivity contribution in [2.45, 2.75) is 50.2 Å². The lowest BCUT2D eigenvalue weighted by molar-refractivity contribution is -0.0261. The number of hydrogen-bond donors (Lipinski definition) is 6. The number of H-pyrrole nitrogens is 1. The fourth-order valence-electron chi connectivity index (χ4n) is 5.28. The van der Waals surface area contributed by atoms with Crippen molar-refractivity contribution < 1.29 is 42.1 Å². The molecule has 43 heavy (non-hydrogen) atoms. The predicted molar refractivity (Wildman–Crippen MR) is 145 cm³/mol. The number of nitrogens with two attached hydrogens (primary N) is 1. The molecule has 20 nitrogen and oxygen atoms in total. The van der Waals surface area contributed by atoms with Crippen LogP contribution in [0.1, 0.15) is 31.9 Å². The Morgan fingerprint density at radius 2 is 1.98 bits per heavy atom. The molecule has 2 aliphatic rings. The highest BCUT2D eigenvalue weighted by molar-refractivity contribution is 7.47. The lowest BCUT2D eigenvalue weighted by atomic mass is 10.1. The van der Waals surface area contributed by atoms with Crippen molar-refractivity contribution >= 4 is 44.4 Å². The Morgan fingerprint density at radius 3 is 2.79 bits per heavy atom. The van der Waals surface area contributed by atoms with E-state index in [-0.39, 0.29) is 42.6 Å². The van der Waals surface area contributed by atoms with Gasteiger partial charge in [0.25, 0.3) is 5.56 Å². The molecule has 1 saturated heterocycles. The molecule has 1 unspecified atom stereocenters. The number of aromatic amines is 1. The highest BCUT2D eigenvalue weighted by atomic mass is 31.2. The maximum absolute atomic E-state index is 13.0. The normalized spacial score (nSPS) is 25.9. The molecule has 6 rings (SSSR count). The van der Waals surface area contributed by atoms with Crippen molar-refractivity contribution in [3.63, 3.8) is 0 Å². The van der Waals surface area contributed by atoms with E-state index in [9.17, 15) is 28.6 Å². The molecule has 232 valence electrons. The van der Waals surface area contributed by atoms with Crippen molar-refractivity contribution in [1.82, 2.24) is 39.1 Å². The molecule has 1 aliphatic carbocycles. The Hall–Kier alpha value is -3.32. The molecule has 0 bridgehead atoms. The maximum Gasteiger partial charge on any atom is 0.472 e. The Morgan fingerprint density at radius 1 is 1.14 bits per heavy atom. The zero-order valence-electron chi connectivity index (χ0n) is 22.2. The van der Waals surface area contributed by atoms with Crippen LogP contribution in [-0.4, -0.2) is 85.2 Å². The second kappa shape index (κ2) is 11.6. The average Bonchev–Trinajstić information content (AvgIpc) is 3.72. The minimum absolute atomic E-state index is 0.0731. The molecule has 5 heterocycles. The number of anilines is 2. The third kappa shape index (κ3) is 6.77. The largest absolute Gasteiger partial charge is 0.472 e. The molecule has 0 radical (unpaired) electrons. The standard InChI is InChI=1S/C21H28N10O10P2/c22-20-28-18-17(19(32)29-20)25-10-30(18)16-2-1-13(40-16)8-39-43(36,37)41-14-6-12(5-11(14)7-38-42(33,34)35)27-21-24-9-23-15-3-4-26-31(15)21/h3-4,9-14,16H,1-2,5-8H2,(H,36,37)(H,23,24,27)(H2,33,34,35)(H3,22,28,29,32)/t11-,12-,13+,14+,16-/m1/s1. The highest BCUT2D eigenvalue weighted by Gasteiger charge is 2.42. The number of nitrogens with one attached hydrogen (secondary N) is 2. The first kappa shape index (κ1) is 29.7. The molecule has 0 aromatic carbocycles. The summed E-state index contributed by atoms with van der Waals surface area (Å²) in [5.41, 5.74) is 6.05. The molecule has 4 aromatic heterocycles. The summed E-state index contributed by atoms with van der Waals surface area (Å²) in [6.45, 7) is -0.717. The van der Waals surface area contributed by atoms with Gasteiger partial charge in [0.1, 0.15) is 12.6 Å². The van der Waals surface area contributed by atoms with Crippen LogP contribution in [0.3, 0.4) is 0 Å². The van der Waals surface area contributed by atoms with Crippen LogP contribution in [0, 0.1) is 5.92 Å². The van der Waals surface area contributed by atoms with Gasteiger partial charge in [-0.2, -0.15) is 14.6 Å². The second-order valence-corrected chi connectivity index (χ2v) is 12.8. The molecular formula is C21H28N10O10P2. The van der Waals surface area contributed by atoms with Crippen LogP contribution in [0.15, 0.2) is 29.7 Å². The molecule has 6 atom stereocenters. The van der Waals surface area contributed by atoms with Crippen molar-refractivity contribution in [3.8, 4) is 0 Å². The number of phosphoric ester groups is 2. The van der Waals surface area contributed by atoms with E-state index in [1.807, 2.05) is 0 Å². The first-order valence-electron chi connectivity index (χ1n) is 13.1. The number of nitrogens with zero attached hydrogens (tertiary/aromatic N) is 7. The smallest absolute Gasteiger partial charge is 0.369 e. The third-order valence-electron chi connectivity index (χ3n) is 7.15. The highest BCUT2D eigenvalue weighted by Crippen LogP contribution is 2.50. The van der Waals surface area contributed by atoms with E-state index in [1.165, 1.54) is 17.2 Å². The molecule has 0 spiro atoms. The van der Waals surface area contributed by atoms with Gasteiger partial charge in [-0.1, -0.05) is 0 Å². The van der Waals surface area contributed by atoms with Crippen LogP contribution >= 0.6 is 15.6 Å². The number of phosphoric acid groups is 2. The Labute approximate surface area is 241 Å². The molecule has 2 fully saturated rings. The third-order valence-corrected chi connectivity index (χ3v) is 8.65. The monoisotopic (exact) mass is 642 g/mol. The van der Waals surface area contributed by atoms with Crippen molar-refractivity contribution in [2.24, 2.45) is 5.92 Å². The Kier molecular flexibility index (Phi) is 8.05. The number of ether oxygens (including phenoxy) is 1. The number of nitrogen functional groups attached to an aromatic ring is 1. The van der Waals surface area contributed by atoms with Crippen molar-refractivity contribution in [3.05, 3.63) is 35.3 Å². The summed E-state index contributed by atoms with van der Waals surface area (Å²) < 4.78 is 48.7. The lowest BCUT2D eigenvalue weighted by Crippen LogP contribution is -2.23. The SMILES string of the molecule is Nc1nc2c(ncn2[C@H]2CC[C@@H](COP(=O)(O)O[C@H]3C[C@H](Nc4ncnc5ccnn45)C[C@@H]3COP(=O)(O)O)O2)c(=O)[nH]1. The molecule has 0 amide bonds. The lowest BCUT2D eigenvalue weighted by Gasteiger charge is -2.23. The number of aromatic nitrogens is 8. The number of rotatable bonds is 11. The average molecular weight is 642 g/mol. The fraction of sp³-hybridized carbons (Fsp3) is 0.524. The number of imidazole rings is 1. The zero-order chi connectivity index (χ0) is 30.4. The van der Waals surface area contributed by atoms with Gasteiger partial charge in [0.2, 0.25) is 11.9 Å². The molecule has 1 aliphatic heterocycles. The van der Waals surface area contributed by atoms with Gasteiger partial charge < -0.3 is 30.5 Å². The first-order valence-corrected chi connectivity index (χ1v) is 16.1. The van der Waals surface area contributed by atoms with Gasteiger partial charge in [-0.15, -0.1) is 0 Å². The van der Waals surface area contributed by atoms with Gasteiger partial charge >= 0.3 is 15.6 Å². The summed E-state index contributed by atoms with van der Waals surface area (Å²) in [4.78, 5) is 59.9. The zero-order valence-corrected chi connectivity index (χ0v) is 24.0. The van der Waals surface area contributed by atoms with E-state index < -0.39 is 52.2 Å². The van der Waals surface area contributed by atoms with Crippen LogP contribution in [0.2, 0.25) is 0 Å². The van der Waals surface area contributed by atoms with E-state index in [1.54, 1.807) is 16.8 Å². The van der Waals surface area contributed by atoms with E-state index in [0.29, 0.717) is 24.4 Å². The van der Waals surface area contributed by atoms with Crippen LogP contribution in [0.4, 0.5) is 11.9 Å². The summed E-state index contributed by atoms with van der Waals surface area (Å²) in [5, 5.41) is 7.33. The maximum atomic E-state index is 13.0. The van der Waals surface area contributed by atoms with E-state index >= 15 is 0 Å². The van der Waals surface area contributed by atoms with Gasteiger partial charge in [-0.3, -0.25) is 27.9 Å². The van der Waals surface area contributed by atoms with E-state index in [2.05, 4.69) is 39.9 Å². The van der Waals surface area contributed by atoms with Crippen molar-refractivity contribution in [1.29, 1.82) is 0 Å². The van der Waals surface area contributed by atoms with E-state index in [4.69, 9.17) is 19.5 Å². The molecule has 1 saturated carbocycles. The molecule has 4 aromatic rings. The molecule has 22 heteroatoms. The second-order valence-electron chi connectivity index (χ2n) is 10.1. The summed E-state index contributed by atoms with van der Waals surface area (Å²) in [6.07, 6.45) is 3.56. The minimum atomic E-state index is -4.81. The first-order chi connectivity index (χ1) is 20.4. The van der Waals surface area contributed by atoms with Gasteiger partial charge in [-0.05, 0) is 25.7 Å². The van der Waals surface area contributed by atoms with Crippen molar-refractivity contribution in [2.75, 3.05) is 24.3 Å². The number of hydrogen-bond acceptors (Lipinski definition) is 14.